The maximum absolute atomic E-state index is 11.9. The third-order valence-corrected chi connectivity index (χ3v) is 3.49. The van der Waals surface area contributed by atoms with Gasteiger partial charge in [0.2, 0.25) is 5.75 Å². The molecular weight excluding hydrogens is 394 g/mol. The number of carboxylic acid groups (broad SMARTS) is 1. The van der Waals surface area contributed by atoms with Crippen molar-refractivity contribution in [1.82, 2.24) is 19.9 Å². The minimum atomic E-state index is -1.48. The third kappa shape index (κ3) is 4.17. The lowest BCUT2D eigenvalue weighted by molar-refractivity contribution is 0.205. The number of ether oxygens (including phenoxy) is 4. The summed E-state index contributed by atoms with van der Waals surface area (Å²) in [5.74, 6) is -0.241. The van der Waals surface area contributed by atoms with E-state index in [4.69, 9.17) is 36.9 Å². The number of hydrogen-bond donors (Lipinski definition) is 3. The van der Waals surface area contributed by atoms with E-state index in [0.717, 1.165) is 0 Å². The average Bonchev–Trinajstić information content (AvgIpc) is 2.67. The molecule has 2 rings (SSSR count). The van der Waals surface area contributed by atoms with E-state index < -0.39 is 6.09 Å². The van der Waals surface area contributed by atoms with Crippen LogP contribution in [0.1, 0.15) is 0 Å². The molecule has 0 aliphatic heterocycles. The number of anilines is 3. The van der Waals surface area contributed by atoms with Gasteiger partial charge in [0.05, 0.1) is 34.6 Å². The van der Waals surface area contributed by atoms with Crippen LogP contribution in [0.2, 0.25) is 0 Å². The van der Waals surface area contributed by atoms with E-state index in [1.165, 1.54) is 34.6 Å². The van der Waals surface area contributed by atoms with Crippen LogP contribution in [0.15, 0.2) is 6.20 Å². The molecule has 0 aliphatic carbocycles. The molecule has 0 atom stereocenters. The van der Waals surface area contributed by atoms with Gasteiger partial charge >= 0.3 is 18.1 Å². The third-order valence-electron chi connectivity index (χ3n) is 3.21. The smallest absolute Gasteiger partial charge is 0.419 e. The second-order valence-corrected chi connectivity index (χ2v) is 5.16. The SMILES string of the molecule is COc1ncc(OC)c(NC(=S)N(C(=O)O)c2nc(OC)nc(N)c2OC)n1. The summed E-state index contributed by atoms with van der Waals surface area (Å²) in [5.41, 5.74) is 5.79. The minimum Gasteiger partial charge on any atom is -0.491 e. The molecule has 0 aromatic carbocycles. The maximum Gasteiger partial charge on any atom is 0.419 e. The van der Waals surface area contributed by atoms with Crippen molar-refractivity contribution < 1.29 is 28.8 Å². The fraction of sp³-hybridized carbons (Fsp3) is 0.286. The van der Waals surface area contributed by atoms with Gasteiger partial charge in [-0.05, 0) is 12.2 Å². The van der Waals surface area contributed by atoms with Crippen LogP contribution < -0.4 is 34.9 Å². The zero-order valence-corrected chi connectivity index (χ0v) is 16.1. The Morgan fingerprint density at radius 2 is 1.79 bits per heavy atom. The fourth-order valence-electron chi connectivity index (χ4n) is 2.00. The molecule has 28 heavy (non-hydrogen) atoms. The summed E-state index contributed by atoms with van der Waals surface area (Å²) >= 11 is 5.21. The number of hydrogen-bond acceptors (Lipinski definition) is 11. The number of amides is 1. The largest absolute Gasteiger partial charge is 0.491 e. The Morgan fingerprint density at radius 3 is 2.32 bits per heavy atom. The summed E-state index contributed by atoms with van der Waals surface area (Å²) in [6.45, 7) is 0. The molecule has 14 heteroatoms. The van der Waals surface area contributed by atoms with Gasteiger partial charge in [-0.3, -0.25) is 0 Å². The average molecular weight is 411 g/mol. The molecule has 2 aromatic rings. The Morgan fingerprint density at radius 1 is 1.11 bits per heavy atom. The molecular formula is C14H17N7O6S. The Bertz CT molecular complexity index is 897. The maximum atomic E-state index is 11.9. The highest BCUT2D eigenvalue weighted by Gasteiger charge is 2.29. The van der Waals surface area contributed by atoms with Crippen molar-refractivity contribution in [3.05, 3.63) is 6.20 Å². The Kier molecular flexibility index (Phi) is 6.49. The standard InChI is InChI=1S/C14H17N7O6S/c1-24-6-5-16-11(26-3)18-9(6)19-13(28)21(14(22)23)10-7(25-2)8(15)17-12(20-10)27-4/h5H,1-4H3,(H,22,23)(H2,15,17,20)(H,16,18,19,28). The number of rotatable bonds is 6. The molecule has 0 saturated carbocycles. The van der Waals surface area contributed by atoms with E-state index >= 15 is 0 Å². The molecule has 0 unspecified atom stereocenters. The van der Waals surface area contributed by atoms with Crippen LogP contribution in [0.4, 0.5) is 22.2 Å². The van der Waals surface area contributed by atoms with E-state index in [9.17, 15) is 9.90 Å². The Balaban J connectivity index is 2.50. The highest BCUT2D eigenvalue weighted by atomic mass is 32.1. The van der Waals surface area contributed by atoms with E-state index in [-0.39, 0.29) is 46.1 Å². The quantitative estimate of drug-likeness (QED) is 0.570. The zero-order chi connectivity index (χ0) is 20.8. The number of methoxy groups -OCH3 is 4. The van der Waals surface area contributed by atoms with Crippen LogP contribution in [0, 0.1) is 0 Å². The molecule has 0 bridgehead atoms. The number of aromatic nitrogens is 4. The number of nitrogens with zero attached hydrogens (tertiary/aromatic N) is 5. The van der Waals surface area contributed by atoms with E-state index in [1.807, 2.05) is 0 Å². The predicted octanol–water partition coefficient (Wildman–Crippen LogP) is 0.765. The molecule has 1 amide bonds. The number of thiocarbonyl (C=S) groups is 1. The van der Waals surface area contributed by atoms with Gasteiger partial charge in [-0.2, -0.15) is 19.9 Å². The van der Waals surface area contributed by atoms with Gasteiger partial charge in [0, 0.05) is 0 Å². The lowest BCUT2D eigenvalue weighted by Gasteiger charge is -2.22. The van der Waals surface area contributed by atoms with Gasteiger partial charge in [0.1, 0.15) is 0 Å². The van der Waals surface area contributed by atoms with Crippen LogP contribution in [0.3, 0.4) is 0 Å². The summed E-state index contributed by atoms with van der Waals surface area (Å²) < 4.78 is 20.1. The molecule has 0 spiro atoms. The summed E-state index contributed by atoms with van der Waals surface area (Å²) in [6, 6.07) is -0.165. The van der Waals surface area contributed by atoms with E-state index in [0.29, 0.717) is 4.90 Å². The van der Waals surface area contributed by atoms with Crippen molar-refractivity contribution in [3.8, 4) is 23.5 Å². The molecule has 2 aromatic heterocycles. The van der Waals surface area contributed by atoms with E-state index in [1.54, 1.807) is 0 Å². The number of nitrogen functional groups attached to an aromatic ring is 1. The Hall–Kier alpha value is -3.68. The van der Waals surface area contributed by atoms with Crippen molar-refractivity contribution in [2.24, 2.45) is 0 Å². The fourth-order valence-corrected chi connectivity index (χ4v) is 2.26. The van der Waals surface area contributed by atoms with Crippen molar-refractivity contribution in [2.45, 2.75) is 0 Å². The lowest BCUT2D eigenvalue weighted by Crippen LogP contribution is -2.40. The van der Waals surface area contributed by atoms with Crippen LogP contribution in [0.5, 0.6) is 23.5 Å². The van der Waals surface area contributed by atoms with Gasteiger partial charge in [0.15, 0.2) is 28.3 Å². The molecule has 13 nitrogen and oxygen atoms in total. The first-order valence-corrected chi connectivity index (χ1v) is 7.81. The first-order chi connectivity index (χ1) is 13.4. The molecule has 0 fully saturated rings. The summed E-state index contributed by atoms with van der Waals surface area (Å²) in [5, 5.41) is 12.0. The molecule has 2 heterocycles. The summed E-state index contributed by atoms with van der Waals surface area (Å²) in [4.78, 5) is 28.3. The van der Waals surface area contributed by atoms with Crippen molar-refractivity contribution in [1.29, 1.82) is 0 Å². The van der Waals surface area contributed by atoms with E-state index in [2.05, 4.69) is 25.3 Å². The van der Waals surface area contributed by atoms with Gasteiger partial charge in [0.25, 0.3) is 0 Å². The predicted molar refractivity (Wildman–Crippen MR) is 101 cm³/mol. The molecule has 0 aliphatic rings. The number of carbonyl (C=O) groups is 1. The summed E-state index contributed by atoms with van der Waals surface area (Å²) in [6.07, 6.45) is -0.148. The van der Waals surface area contributed by atoms with Crippen molar-refractivity contribution in [3.63, 3.8) is 0 Å². The van der Waals surface area contributed by atoms with Gasteiger partial charge in [-0.25, -0.2) is 9.69 Å². The van der Waals surface area contributed by atoms with Gasteiger partial charge < -0.3 is 35.1 Å². The molecule has 4 N–H and O–H groups in total. The topological polar surface area (TPSA) is 167 Å². The monoisotopic (exact) mass is 411 g/mol. The van der Waals surface area contributed by atoms with Crippen LogP contribution in [-0.2, 0) is 0 Å². The Labute approximate surface area is 164 Å². The van der Waals surface area contributed by atoms with Crippen molar-refractivity contribution in [2.75, 3.05) is 44.4 Å². The lowest BCUT2D eigenvalue weighted by atomic mass is 10.4. The normalized spacial score (nSPS) is 10.0. The second-order valence-electron chi connectivity index (χ2n) is 4.77. The first-order valence-electron chi connectivity index (χ1n) is 7.40. The number of nitrogens with one attached hydrogen (secondary N) is 1. The molecule has 0 radical (unpaired) electrons. The molecule has 150 valence electrons. The van der Waals surface area contributed by atoms with Crippen molar-refractivity contribution >= 4 is 40.9 Å². The van der Waals surface area contributed by atoms with Crippen LogP contribution in [-0.4, -0.2) is 64.7 Å². The highest BCUT2D eigenvalue weighted by molar-refractivity contribution is 7.80. The second kappa shape index (κ2) is 8.81. The first kappa shape index (κ1) is 20.6. The summed E-state index contributed by atoms with van der Waals surface area (Å²) in [7, 11) is 5.33. The zero-order valence-electron chi connectivity index (χ0n) is 15.3. The van der Waals surface area contributed by atoms with Gasteiger partial charge in [-0.15, -0.1) is 0 Å². The number of nitrogens with two attached hydrogens (primary N) is 1. The highest BCUT2D eigenvalue weighted by Crippen LogP contribution is 2.33. The van der Waals surface area contributed by atoms with Crippen LogP contribution in [0.25, 0.3) is 0 Å². The van der Waals surface area contributed by atoms with Gasteiger partial charge in [-0.1, -0.05) is 0 Å². The minimum absolute atomic E-state index is 0.0125. The van der Waals surface area contributed by atoms with Crippen LogP contribution >= 0.6 is 12.2 Å². The molecule has 0 saturated heterocycles.